The molecule has 2 amide bonds. The minimum atomic E-state index is -0.320. The second-order valence-electron chi connectivity index (χ2n) is 5.99. The van der Waals surface area contributed by atoms with Gasteiger partial charge >= 0.3 is 0 Å². The zero-order valence-corrected chi connectivity index (χ0v) is 15.0. The molecule has 3 rings (SSSR count). The van der Waals surface area contributed by atoms with Gasteiger partial charge in [-0.25, -0.2) is 4.98 Å². The highest BCUT2D eigenvalue weighted by atomic mass is 16.2. The first-order valence-corrected chi connectivity index (χ1v) is 8.17. The van der Waals surface area contributed by atoms with Crippen LogP contribution in [0.25, 0.3) is 10.9 Å². The van der Waals surface area contributed by atoms with Crippen molar-refractivity contribution in [2.45, 2.75) is 0 Å². The Hall–Kier alpha value is -3.74. The van der Waals surface area contributed by atoms with Crippen LogP contribution in [0.2, 0.25) is 0 Å². The molecule has 0 fully saturated rings. The summed E-state index contributed by atoms with van der Waals surface area (Å²) in [6.45, 7) is 3.45. The van der Waals surface area contributed by atoms with Crippen molar-refractivity contribution < 1.29 is 9.59 Å². The van der Waals surface area contributed by atoms with Crippen molar-refractivity contribution in [3.63, 3.8) is 0 Å². The third-order valence-electron chi connectivity index (χ3n) is 4.20. The topological polar surface area (TPSA) is 84.3 Å². The van der Waals surface area contributed by atoms with Crippen molar-refractivity contribution in [2.24, 2.45) is 7.05 Å². The first-order chi connectivity index (χ1) is 12.9. The number of fused-ring (bicyclic) bond motifs is 1. The van der Waals surface area contributed by atoms with Crippen LogP contribution < -0.4 is 15.8 Å². The van der Waals surface area contributed by atoms with E-state index in [4.69, 9.17) is 0 Å². The highest BCUT2D eigenvalue weighted by Gasteiger charge is 2.11. The van der Waals surface area contributed by atoms with Crippen LogP contribution in [0.3, 0.4) is 0 Å². The summed E-state index contributed by atoms with van der Waals surface area (Å²) in [6, 6.07) is 11.6. The molecular weight excluding hydrogens is 344 g/mol. The number of carbonyl (C=O) groups is 2. The van der Waals surface area contributed by atoms with Crippen molar-refractivity contribution in [3.8, 4) is 0 Å². The van der Waals surface area contributed by atoms with Crippen molar-refractivity contribution in [3.05, 3.63) is 77.4 Å². The normalized spacial score (nSPS) is 10.4. The molecule has 0 unspecified atom stereocenters. The van der Waals surface area contributed by atoms with Crippen molar-refractivity contribution in [1.82, 2.24) is 9.55 Å². The van der Waals surface area contributed by atoms with E-state index in [1.807, 2.05) is 0 Å². The summed E-state index contributed by atoms with van der Waals surface area (Å²) in [6.07, 6.45) is 2.68. The zero-order valence-electron chi connectivity index (χ0n) is 15.0. The lowest BCUT2D eigenvalue weighted by Crippen LogP contribution is -2.23. The third kappa shape index (κ3) is 3.62. The van der Waals surface area contributed by atoms with Crippen LogP contribution in [0.4, 0.5) is 11.4 Å². The molecule has 136 valence electrons. The van der Waals surface area contributed by atoms with E-state index in [0.717, 1.165) is 0 Å². The first kappa shape index (κ1) is 18.1. The fourth-order valence-electron chi connectivity index (χ4n) is 2.59. The van der Waals surface area contributed by atoms with Crippen LogP contribution >= 0.6 is 0 Å². The van der Waals surface area contributed by atoms with Crippen LogP contribution in [0.15, 0.2) is 66.2 Å². The molecule has 0 radical (unpaired) electrons. The van der Waals surface area contributed by atoms with E-state index in [9.17, 15) is 14.4 Å². The highest BCUT2D eigenvalue weighted by Crippen LogP contribution is 2.18. The van der Waals surface area contributed by atoms with Gasteiger partial charge in [0.25, 0.3) is 11.5 Å². The van der Waals surface area contributed by atoms with Gasteiger partial charge in [0.05, 0.1) is 17.2 Å². The van der Waals surface area contributed by atoms with Gasteiger partial charge in [-0.3, -0.25) is 14.4 Å². The highest BCUT2D eigenvalue weighted by molar-refractivity contribution is 6.06. The monoisotopic (exact) mass is 362 g/mol. The minimum absolute atomic E-state index is 0.185. The van der Waals surface area contributed by atoms with E-state index in [1.54, 1.807) is 56.6 Å². The largest absolute Gasteiger partial charge is 0.322 e. The molecule has 0 aliphatic rings. The fourth-order valence-corrected chi connectivity index (χ4v) is 2.59. The summed E-state index contributed by atoms with van der Waals surface area (Å²) < 4.78 is 1.38. The molecule has 0 aliphatic heterocycles. The number of carbonyl (C=O) groups excluding carboxylic acids is 2. The smallest absolute Gasteiger partial charge is 0.260 e. The van der Waals surface area contributed by atoms with Crippen LogP contribution in [-0.2, 0) is 11.8 Å². The summed E-state index contributed by atoms with van der Waals surface area (Å²) in [4.78, 5) is 41.9. The summed E-state index contributed by atoms with van der Waals surface area (Å²) >= 11 is 0. The molecule has 0 bridgehead atoms. The quantitative estimate of drug-likeness (QED) is 0.722. The van der Waals surface area contributed by atoms with E-state index < -0.39 is 0 Å². The SMILES string of the molecule is C=CC(=O)N(C)c1ccc(C(=O)Nc2ccc3ncn(C)c(=O)c3c2)cc1. The van der Waals surface area contributed by atoms with Gasteiger partial charge < -0.3 is 14.8 Å². The van der Waals surface area contributed by atoms with Gasteiger partial charge in [-0.1, -0.05) is 6.58 Å². The Labute approximate surface area is 155 Å². The number of anilines is 2. The number of nitrogens with one attached hydrogen (secondary N) is 1. The number of hydrogen-bond acceptors (Lipinski definition) is 4. The summed E-state index contributed by atoms with van der Waals surface area (Å²) in [5.41, 5.74) is 1.96. The number of benzene rings is 2. The number of amides is 2. The molecule has 1 heterocycles. The Kier molecular flexibility index (Phi) is 4.85. The Bertz CT molecular complexity index is 1100. The van der Waals surface area contributed by atoms with E-state index in [0.29, 0.717) is 27.8 Å². The van der Waals surface area contributed by atoms with Gasteiger partial charge in [0.1, 0.15) is 0 Å². The first-order valence-electron chi connectivity index (χ1n) is 8.17. The predicted octanol–water partition coefficient (Wildman–Crippen LogP) is 2.33. The minimum Gasteiger partial charge on any atom is -0.322 e. The van der Waals surface area contributed by atoms with Gasteiger partial charge in [-0.15, -0.1) is 0 Å². The summed E-state index contributed by atoms with van der Waals surface area (Å²) in [5.74, 6) is -0.558. The summed E-state index contributed by atoms with van der Waals surface area (Å²) in [5, 5.41) is 3.20. The molecule has 0 saturated carbocycles. The number of hydrogen-bond donors (Lipinski definition) is 1. The van der Waals surface area contributed by atoms with E-state index in [2.05, 4.69) is 16.9 Å². The Morgan fingerprint density at radius 2 is 1.89 bits per heavy atom. The van der Waals surface area contributed by atoms with Gasteiger partial charge in [0, 0.05) is 31.0 Å². The van der Waals surface area contributed by atoms with Crippen LogP contribution in [0.5, 0.6) is 0 Å². The molecule has 2 aromatic carbocycles. The molecule has 7 nitrogen and oxygen atoms in total. The number of rotatable bonds is 4. The Balaban J connectivity index is 1.82. The molecule has 3 aromatic rings. The van der Waals surface area contributed by atoms with Crippen LogP contribution in [-0.4, -0.2) is 28.4 Å². The second-order valence-corrected chi connectivity index (χ2v) is 5.99. The number of nitrogens with zero attached hydrogens (tertiary/aromatic N) is 3. The van der Waals surface area contributed by atoms with Gasteiger partial charge in [0.15, 0.2) is 0 Å². The predicted molar refractivity (Wildman–Crippen MR) is 105 cm³/mol. The molecular formula is C20H18N4O3. The fraction of sp³-hybridized carbons (Fsp3) is 0.100. The average molecular weight is 362 g/mol. The Morgan fingerprint density at radius 1 is 1.19 bits per heavy atom. The van der Waals surface area contributed by atoms with Gasteiger partial charge in [0.2, 0.25) is 5.91 Å². The van der Waals surface area contributed by atoms with Crippen LogP contribution in [0.1, 0.15) is 10.4 Å². The number of aryl methyl sites for hydroxylation is 1. The molecule has 0 aliphatic carbocycles. The number of likely N-dealkylation sites (N-methyl/N-ethyl adjacent to an activating group) is 1. The van der Waals surface area contributed by atoms with E-state index in [1.165, 1.54) is 21.9 Å². The van der Waals surface area contributed by atoms with E-state index in [-0.39, 0.29) is 17.4 Å². The van der Waals surface area contributed by atoms with E-state index >= 15 is 0 Å². The van der Waals surface area contributed by atoms with Gasteiger partial charge in [-0.05, 0) is 48.5 Å². The molecule has 0 atom stereocenters. The Morgan fingerprint density at radius 3 is 2.56 bits per heavy atom. The maximum atomic E-state index is 12.5. The maximum absolute atomic E-state index is 12.5. The summed E-state index contributed by atoms with van der Waals surface area (Å²) in [7, 11) is 3.25. The lowest BCUT2D eigenvalue weighted by atomic mass is 10.1. The average Bonchev–Trinajstić information content (AvgIpc) is 2.70. The lowest BCUT2D eigenvalue weighted by molar-refractivity contribution is -0.113. The molecule has 0 saturated heterocycles. The maximum Gasteiger partial charge on any atom is 0.260 e. The van der Waals surface area contributed by atoms with Gasteiger partial charge in [-0.2, -0.15) is 0 Å². The molecule has 1 aromatic heterocycles. The zero-order chi connectivity index (χ0) is 19.6. The molecule has 0 spiro atoms. The molecule has 27 heavy (non-hydrogen) atoms. The standard InChI is InChI=1S/C20H18N4O3/c1-4-18(25)24(3)15-8-5-13(6-9-15)19(26)22-14-7-10-17-16(11-14)20(27)23(2)12-21-17/h4-12H,1H2,2-3H3,(H,22,26). The van der Waals surface area contributed by atoms with Crippen molar-refractivity contribution >= 4 is 34.1 Å². The van der Waals surface area contributed by atoms with Crippen molar-refractivity contribution in [2.75, 3.05) is 17.3 Å². The molecule has 1 N–H and O–H groups in total. The molecule has 7 heteroatoms. The lowest BCUT2D eigenvalue weighted by Gasteiger charge is -2.15. The second kappa shape index (κ2) is 7.25. The van der Waals surface area contributed by atoms with Crippen molar-refractivity contribution in [1.29, 1.82) is 0 Å². The number of aromatic nitrogens is 2. The third-order valence-corrected chi connectivity index (χ3v) is 4.20. The van der Waals surface area contributed by atoms with Crippen LogP contribution in [0, 0.1) is 0 Å².